The number of amides is 1. The van der Waals surface area contributed by atoms with E-state index in [2.05, 4.69) is 22.9 Å². The molecule has 2 fully saturated rings. The molecule has 1 aliphatic carbocycles. The van der Waals surface area contributed by atoms with Gasteiger partial charge >= 0.3 is 6.09 Å². The Kier molecular flexibility index (Phi) is 5.69. The number of likely N-dealkylation sites (tertiary alicyclic amines) is 1. The monoisotopic (exact) mass is 488 g/mol. The lowest BCUT2D eigenvalue weighted by Gasteiger charge is -2.26. The zero-order valence-corrected chi connectivity index (χ0v) is 21.6. The van der Waals surface area contributed by atoms with E-state index >= 15 is 0 Å². The lowest BCUT2D eigenvalue weighted by Crippen LogP contribution is -2.37. The van der Waals surface area contributed by atoms with Gasteiger partial charge in [0, 0.05) is 47.9 Å². The Bertz CT molecular complexity index is 1290. The van der Waals surface area contributed by atoms with Crippen LogP contribution < -0.4 is 4.74 Å². The number of benzene rings is 1. The van der Waals surface area contributed by atoms with E-state index in [0.29, 0.717) is 12.6 Å². The molecule has 3 aromatic rings. The lowest BCUT2D eigenvalue weighted by atomic mass is 9.82. The van der Waals surface area contributed by atoms with E-state index < -0.39 is 5.60 Å². The van der Waals surface area contributed by atoms with Crippen LogP contribution in [0.5, 0.6) is 5.75 Å². The van der Waals surface area contributed by atoms with E-state index in [1.54, 1.807) is 0 Å². The summed E-state index contributed by atoms with van der Waals surface area (Å²) in [7, 11) is 0. The maximum atomic E-state index is 12.7. The fourth-order valence-corrected chi connectivity index (χ4v) is 6.07. The van der Waals surface area contributed by atoms with Gasteiger partial charge in [-0.05, 0) is 89.6 Å². The van der Waals surface area contributed by atoms with Crippen LogP contribution in [0.15, 0.2) is 36.5 Å². The number of fused-ring (bicyclic) bond motifs is 3. The molecule has 0 bridgehead atoms. The Morgan fingerprint density at radius 2 is 1.86 bits per heavy atom. The average molecular weight is 489 g/mol. The van der Waals surface area contributed by atoms with Crippen molar-refractivity contribution >= 4 is 17.0 Å². The predicted molar refractivity (Wildman–Crippen MR) is 139 cm³/mol. The van der Waals surface area contributed by atoms with E-state index in [-0.39, 0.29) is 11.5 Å². The van der Waals surface area contributed by atoms with Crippen LogP contribution in [-0.4, -0.2) is 50.6 Å². The van der Waals surface area contributed by atoms with E-state index in [1.807, 2.05) is 44.0 Å². The number of carbonyl (C=O) groups is 1. The molecule has 7 nitrogen and oxygen atoms in total. The number of aryl methyl sites for hydroxylation is 1. The summed E-state index contributed by atoms with van der Waals surface area (Å²) in [6.45, 7) is 8.02. The summed E-state index contributed by atoms with van der Waals surface area (Å²) < 4.78 is 14.0. The second kappa shape index (κ2) is 8.79. The number of carbonyl (C=O) groups excluding carboxylic acids is 1. The van der Waals surface area contributed by atoms with Crippen LogP contribution in [0.1, 0.15) is 71.4 Å². The molecule has 1 amide bonds. The van der Waals surface area contributed by atoms with Crippen molar-refractivity contribution in [3.8, 4) is 17.0 Å². The van der Waals surface area contributed by atoms with Gasteiger partial charge in [0.15, 0.2) is 0 Å². The van der Waals surface area contributed by atoms with Crippen LogP contribution >= 0.6 is 0 Å². The van der Waals surface area contributed by atoms with Gasteiger partial charge in [0.2, 0.25) is 0 Å². The standard InChI is InChI=1S/C29H36N4O3/c1-28(2,3)36-27(34)32-13-11-29(19-32)12-14-33-26(29)17-25(31-33)21-15-20-16-23(9-10-24(20)30-18-21)35-22-7-5-4-6-8-22/h9-10,15-18,22H,4-8,11-14,19H2,1-3H3. The molecule has 36 heavy (non-hydrogen) atoms. The Morgan fingerprint density at radius 1 is 1.06 bits per heavy atom. The van der Waals surface area contributed by atoms with Crippen molar-refractivity contribution in [2.75, 3.05) is 13.1 Å². The first-order valence-corrected chi connectivity index (χ1v) is 13.4. The fourth-order valence-electron chi connectivity index (χ4n) is 6.07. The van der Waals surface area contributed by atoms with E-state index in [4.69, 9.17) is 19.6 Å². The second-order valence-corrected chi connectivity index (χ2v) is 11.8. The summed E-state index contributed by atoms with van der Waals surface area (Å²) in [6.07, 6.45) is 10.1. The summed E-state index contributed by atoms with van der Waals surface area (Å²) in [4.78, 5) is 19.3. The number of hydrogen-bond donors (Lipinski definition) is 0. The van der Waals surface area contributed by atoms with Gasteiger partial charge in [-0.1, -0.05) is 6.42 Å². The largest absolute Gasteiger partial charge is 0.490 e. The summed E-state index contributed by atoms with van der Waals surface area (Å²) in [5, 5.41) is 6.01. The Hall–Kier alpha value is -3.09. The summed E-state index contributed by atoms with van der Waals surface area (Å²) >= 11 is 0. The van der Waals surface area contributed by atoms with Gasteiger partial charge in [0.05, 0.1) is 17.3 Å². The SMILES string of the molecule is CC(C)(C)OC(=O)N1CCC2(CCn3nc(-c4cnc5ccc(OC6CCCCC6)cc5c4)cc32)C1. The first-order chi connectivity index (χ1) is 17.3. The molecule has 1 atom stereocenters. The Labute approximate surface area is 212 Å². The highest BCUT2D eigenvalue weighted by Crippen LogP contribution is 2.44. The van der Waals surface area contributed by atoms with Gasteiger partial charge in [0.25, 0.3) is 0 Å². The fraction of sp³-hybridized carbons (Fsp3) is 0.552. The lowest BCUT2D eigenvalue weighted by molar-refractivity contribution is 0.0284. The number of ether oxygens (including phenoxy) is 2. The van der Waals surface area contributed by atoms with Crippen molar-refractivity contribution < 1.29 is 14.3 Å². The number of hydrogen-bond acceptors (Lipinski definition) is 5. The molecule has 0 radical (unpaired) electrons. The number of rotatable bonds is 3. The Morgan fingerprint density at radius 3 is 2.67 bits per heavy atom. The first kappa shape index (κ1) is 23.3. The number of nitrogens with zero attached hydrogens (tertiary/aromatic N) is 4. The minimum Gasteiger partial charge on any atom is -0.490 e. The molecule has 0 N–H and O–H groups in total. The van der Waals surface area contributed by atoms with Crippen molar-refractivity contribution in [2.24, 2.45) is 0 Å². The molecule has 1 saturated heterocycles. The molecule has 2 aromatic heterocycles. The van der Waals surface area contributed by atoms with Crippen LogP contribution in [0, 0.1) is 0 Å². The van der Waals surface area contributed by atoms with Crippen LogP contribution in [-0.2, 0) is 16.7 Å². The summed E-state index contributed by atoms with van der Waals surface area (Å²) in [5.41, 5.74) is 3.60. The third-order valence-electron chi connectivity index (χ3n) is 7.93. The quantitative estimate of drug-likeness (QED) is 0.446. The molecule has 3 aliphatic rings. The topological polar surface area (TPSA) is 69.5 Å². The zero-order chi connectivity index (χ0) is 24.9. The maximum absolute atomic E-state index is 12.7. The maximum Gasteiger partial charge on any atom is 0.410 e. The van der Waals surface area contributed by atoms with E-state index in [1.165, 1.54) is 25.0 Å². The first-order valence-electron chi connectivity index (χ1n) is 13.4. The molecule has 4 heterocycles. The molecule has 6 rings (SSSR count). The van der Waals surface area contributed by atoms with Crippen molar-refractivity contribution in [1.82, 2.24) is 19.7 Å². The molecule has 1 unspecified atom stereocenters. The van der Waals surface area contributed by atoms with Gasteiger partial charge in [-0.2, -0.15) is 5.10 Å². The number of aromatic nitrogens is 3. The molecule has 1 spiro atoms. The van der Waals surface area contributed by atoms with Gasteiger partial charge in [-0.3, -0.25) is 9.67 Å². The van der Waals surface area contributed by atoms with E-state index in [0.717, 1.165) is 66.7 Å². The highest BCUT2D eigenvalue weighted by molar-refractivity contribution is 5.84. The van der Waals surface area contributed by atoms with E-state index in [9.17, 15) is 4.79 Å². The van der Waals surface area contributed by atoms with Gasteiger partial charge < -0.3 is 14.4 Å². The molecule has 190 valence electrons. The molecule has 7 heteroatoms. The van der Waals surface area contributed by atoms with Gasteiger partial charge in [-0.25, -0.2) is 4.79 Å². The third-order valence-corrected chi connectivity index (χ3v) is 7.93. The smallest absolute Gasteiger partial charge is 0.410 e. The van der Waals surface area contributed by atoms with Crippen LogP contribution in [0.2, 0.25) is 0 Å². The highest BCUT2D eigenvalue weighted by atomic mass is 16.6. The minimum atomic E-state index is -0.484. The Balaban J connectivity index is 1.23. The van der Waals surface area contributed by atoms with Crippen LogP contribution in [0.4, 0.5) is 4.79 Å². The van der Waals surface area contributed by atoms with Crippen LogP contribution in [0.25, 0.3) is 22.2 Å². The molecule has 1 saturated carbocycles. The molecular formula is C29H36N4O3. The van der Waals surface area contributed by atoms with Crippen LogP contribution in [0.3, 0.4) is 0 Å². The molecule has 2 aliphatic heterocycles. The number of pyridine rings is 1. The normalized spacial score (nSPS) is 22.4. The van der Waals surface area contributed by atoms with Crippen molar-refractivity contribution in [3.63, 3.8) is 0 Å². The van der Waals surface area contributed by atoms with Gasteiger partial charge in [-0.15, -0.1) is 0 Å². The second-order valence-electron chi connectivity index (χ2n) is 11.8. The molecular weight excluding hydrogens is 452 g/mol. The van der Waals surface area contributed by atoms with Gasteiger partial charge in [0.1, 0.15) is 11.4 Å². The van der Waals surface area contributed by atoms with Crippen molar-refractivity contribution in [1.29, 1.82) is 0 Å². The minimum absolute atomic E-state index is 0.0482. The third kappa shape index (κ3) is 4.44. The summed E-state index contributed by atoms with van der Waals surface area (Å²) in [5.74, 6) is 0.924. The van der Waals surface area contributed by atoms with Crippen molar-refractivity contribution in [2.45, 2.75) is 89.4 Å². The predicted octanol–water partition coefficient (Wildman–Crippen LogP) is 6.09. The zero-order valence-electron chi connectivity index (χ0n) is 21.6. The molecule has 1 aromatic carbocycles. The van der Waals surface area contributed by atoms with Crippen molar-refractivity contribution in [3.05, 3.63) is 42.2 Å². The average Bonchev–Trinajstić information content (AvgIpc) is 3.55. The summed E-state index contributed by atoms with van der Waals surface area (Å²) in [6, 6.07) is 10.6. The highest BCUT2D eigenvalue weighted by Gasteiger charge is 2.47.